The Hall–Kier alpha value is -1.48. The van der Waals surface area contributed by atoms with Crippen LogP contribution in [0.1, 0.15) is 33.6 Å². The van der Waals surface area contributed by atoms with Gasteiger partial charge in [-0.15, -0.1) is 0 Å². The Morgan fingerprint density at radius 1 is 0.906 bits per heavy atom. The van der Waals surface area contributed by atoms with Crippen molar-refractivity contribution in [2.45, 2.75) is 43.4 Å². The number of rotatable bonds is 12. The van der Waals surface area contributed by atoms with Crippen LogP contribution in [0, 0.1) is 5.92 Å². The molecule has 10 heteroatoms. The molecule has 0 amide bonds. The second kappa shape index (κ2) is 11.6. The Morgan fingerprint density at radius 3 is 2.03 bits per heavy atom. The zero-order valence-corrected chi connectivity index (χ0v) is 21.5. The molecule has 0 saturated carbocycles. The molecule has 0 unspecified atom stereocenters. The smallest absolute Gasteiger partial charge is 0.206 e. The Balaban J connectivity index is 2.13. The molecule has 2 aromatic carbocycles. The number of ether oxygens (including phenoxy) is 2. The van der Waals surface area contributed by atoms with Crippen LogP contribution >= 0.6 is 23.2 Å². The number of unbranched alkanes of at least 4 members (excludes halogenated alkanes) is 1. The van der Waals surface area contributed by atoms with Crippen LogP contribution in [0.5, 0.6) is 11.5 Å². The molecule has 0 fully saturated rings. The maximum atomic E-state index is 13.0. The maximum absolute atomic E-state index is 13.0. The third kappa shape index (κ3) is 7.27. The monoisotopic (exact) mass is 522 g/mol. The summed E-state index contributed by atoms with van der Waals surface area (Å²) < 4.78 is 60.6. The summed E-state index contributed by atoms with van der Waals surface area (Å²) in [6, 6.07) is 8.55. The van der Waals surface area contributed by atoms with Crippen molar-refractivity contribution in [3.05, 3.63) is 46.4 Å². The first-order chi connectivity index (χ1) is 15.0. The highest BCUT2D eigenvalue weighted by atomic mass is 35.5. The molecule has 1 atom stereocenters. The van der Waals surface area contributed by atoms with Crippen molar-refractivity contribution < 1.29 is 26.3 Å². The van der Waals surface area contributed by atoms with Crippen LogP contribution in [0.4, 0.5) is 0 Å². The van der Waals surface area contributed by atoms with Gasteiger partial charge in [-0.1, -0.05) is 50.4 Å². The summed E-state index contributed by atoms with van der Waals surface area (Å²) >= 11 is 12.4. The number of hydrogen-bond acceptors (Lipinski definition) is 6. The predicted octanol–water partition coefficient (Wildman–Crippen LogP) is 5.45. The molecule has 0 aliphatic carbocycles. The molecule has 2 aromatic rings. The van der Waals surface area contributed by atoms with Gasteiger partial charge in [-0.05, 0) is 42.8 Å². The molecule has 0 saturated heterocycles. The third-order valence-electron chi connectivity index (χ3n) is 4.67. The Bertz CT molecular complexity index is 1090. The predicted molar refractivity (Wildman–Crippen MR) is 128 cm³/mol. The topological polar surface area (TPSA) is 86.7 Å². The van der Waals surface area contributed by atoms with Crippen molar-refractivity contribution in [3.8, 4) is 11.5 Å². The summed E-state index contributed by atoms with van der Waals surface area (Å²) in [5, 5.41) is 0.256. The number of sulfone groups is 2. The van der Waals surface area contributed by atoms with Crippen molar-refractivity contribution in [1.29, 1.82) is 0 Å². The molecule has 6 nitrogen and oxygen atoms in total. The van der Waals surface area contributed by atoms with E-state index in [4.69, 9.17) is 32.7 Å². The van der Waals surface area contributed by atoms with Gasteiger partial charge in [0.15, 0.2) is 5.75 Å². The van der Waals surface area contributed by atoms with Gasteiger partial charge in [0.2, 0.25) is 9.84 Å². The summed E-state index contributed by atoms with van der Waals surface area (Å²) in [5.74, 6) is 0.647. The molecule has 0 heterocycles. The molecule has 0 radical (unpaired) electrons. The zero-order chi connectivity index (χ0) is 23.9. The normalized spacial score (nSPS) is 13.0. The lowest BCUT2D eigenvalue weighted by Crippen LogP contribution is -2.20. The molecule has 2 rings (SSSR count). The molecule has 0 aliphatic heterocycles. The van der Waals surface area contributed by atoms with E-state index in [-0.39, 0.29) is 49.6 Å². The van der Waals surface area contributed by atoms with Crippen LogP contribution < -0.4 is 9.47 Å². The maximum Gasteiger partial charge on any atom is 0.206 e. The van der Waals surface area contributed by atoms with E-state index in [2.05, 4.69) is 0 Å². The molecule has 32 heavy (non-hydrogen) atoms. The van der Waals surface area contributed by atoms with Crippen molar-refractivity contribution >= 4 is 42.9 Å². The van der Waals surface area contributed by atoms with E-state index in [0.717, 1.165) is 12.8 Å². The molecular formula is C22H28Cl2O6S2. The van der Waals surface area contributed by atoms with Crippen LogP contribution in [0.25, 0.3) is 0 Å². The Morgan fingerprint density at radius 2 is 1.50 bits per heavy atom. The standard InChI is InChI=1S/C22H28Cl2O6S2/c1-4-6-11-29-22-20(23)12-19(13-21(22)24)32(27,28)18-9-7-17(8-10-18)30-14-16(3)15-31(25,26)5-2/h7-10,12-13,16H,4-6,11,14-15H2,1-3H3/t16-/m1/s1. The van der Waals surface area contributed by atoms with Gasteiger partial charge in [0.05, 0.1) is 38.8 Å². The fourth-order valence-corrected chi connectivity index (χ4v) is 6.07. The van der Waals surface area contributed by atoms with E-state index < -0.39 is 19.7 Å². The molecular weight excluding hydrogens is 495 g/mol. The van der Waals surface area contributed by atoms with E-state index >= 15 is 0 Å². The summed E-state index contributed by atoms with van der Waals surface area (Å²) in [6.07, 6.45) is 1.77. The van der Waals surface area contributed by atoms with Gasteiger partial charge in [0.1, 0.15) is 15.6 Å². The molecule has 0 spiro atoms. The highest BCUT2D eigenvalue weighted by Crippen LogP contribution is 2.37. The van der Waals surface area contributed by atoms with E-state index in [0.29, 0.717) is 12.4 Å². The van der Waals surface area contributed by atoms with Crippen LogP contribution in [-0.4, -0.2) is 41.6 Å². The minimum absolute atomic E-state index is 0.0373. The van der Waals surface area contributed by atoms with Gasteiger partial charge in [-0.3, -0.25) is 0 Å². The highest BCUT2D eigenvalue weighted by Gasteiger charge is 2.22. The highest BCUT2D eigenvalue weighted by molar-refractivity contribution is 7.91. The SMILES string of the molecule is CCCCOc1c(Cl)cc(S(=O)(=O)c2ccc(OC[C@@H](C)CS(=O)(=O)CC)cc2)cc1Cl. The molecule has 0 N–H and O–H groups in total. The number of benzene rings is 2. The lowest BCUT2D eigenvalue weighted by Gasteiger charge is -2.14. The van der Waals surface area contributed by atoms with Crippen LogP contribution in [0.3, 0.4) is 0 Å². The van der Waals surface area contributed by atoms with Gasteiger partial charge in [-0.25, -0.2) is 16.8 Å². The fraction of sp³-hybridized carbons (Fsp3) is 0.455. The fourth-order valence-electron chi connectivity index (χ4n) is 2.84. The van der Waals surface area contributed by atoms with E-state index in [9.17, 15) is 16.8 Å². The average molecular weight is 524 g/mol. The largest absolute Gasteiger partial charge is 0.493 e. The molecule has 0 bridgehead atoms. The minimum atomic E-state index is -3.86. The van der Waals surface area contributed by atoms with E-state index in [1.165, 1.54) is 36.4 Å². The zero-order valence-electron chi connectivity index (χ0n) is 18.3. The van der Waals surface area contributed by atoms with Gasteiger partial charge in [-0.2, -0.15) is 0 Å². The first kappa shape index (κ1) is 26.8. The first-order valence-electron chi connectivity index (χ1n) is 10.3. The Kier molecular flexibility index (Phi) is 9.69. The van der Waals surface area contributed by atoms with Gasteiger partial charge in [0.25, 0.3) is 0 Å². The summed E-state index contributed by atoms with van der Waals surface area (Å²) in [6.45, 7) is 6.06. The summed E-state index contributed by atoms with van der Waals surface area (Å²) in [4.78, 5) is 0.0145. The average Bonchev–Trinajstić information content (AvgIpc) is 2.74. The van der Waals surface area contributed by atoms with Gasteiger partial charge in [0, 0.05) is 11.7 Å². The summed E-state index contributed by atoms with van der Waals surface area (Å²) in [5.41, 5.74) is 0. The van der Waals surface area contributed by atoms with Crippen LogP contribution in [0.15, 0.2) is 46.2 Å². The van der Waals surface area contributed by atoms with Crippen molar-refractivity contribution in [3.63, 3.8) is 0 Å². The molecule has 178 valence electrons. The third-order valence-corrected chi connectivity index (χ3v) is 8.94. The lowest BCUT2D eigenvalue weighted by molar-refractivity contribution is 0.271. The van der Waals surface area contributed by atoms with Crippen molar-refractivity contribution in [1.82, 2.24) is 0 Å². The Labute approximate surface area is 200 Å². The van der Waals surface area contributed by atoms with Gasteiger partial charge < -0.3 is 9.47 Å². The second-order valence-electron chi connectivity index (χ2n) is 7.51. The molecule has 0 aromatic heterocycles. The lowest BCUT2D eigenvalue weighted by atomic mass is 10.2. The van der Waals surface area contributed by atoms with Gasteiger partial charge >= 0.3 is 0 Å². The summed E-state index contributed by atoms with van der Waals surface area (Å²) in [7, 11) is -6.95. The van der Waals surface area contributed by atoms with Crippen molar-refractivity contribution in [2.75, 3.05) is 24.7 Å². The second-order valence-corrected chi connectivity index (χ2v) is 12.7. The van der Waals surface area contributed by atoms with Crippen LogP contribution in [0.2, 0.25) is 10.0 Å². The first-order valence-corrected chi connectivity index (χ1v) is 14.4. The quantitative estimate of drug-likeness (QED) is 0.344. The minimum Gasteiger partial charge on any atom is -0.493 e. The number of halogens is 2. The van der Waals surface area contributed by atoms with E-state index in [1.54, 1.807) is 13.8 Å². The van der Waals surface area contributed by atoms with Crippen molar-refractivity contribution in [2.24, 2.45) is 5.92 Å². The van der Waals surface area contributed by atoms with E-state index in [1.807, 2.05) is 6.92 Å². The molecule has 0 aliphatic rings. The van der Waals surface area contributed by atoms with Crippen LogP contribution in [-0.2, 0) is 19.7 Å². The number of hydrogen-bond donors (Lipinski definition) is 0.